The summed E-state index contributed by atoms with van der Waals surface area (Å²) < 4.78 is 13.0. The summed E-state index contributed by atoms with van der Waals surface area (Å²) in [5.41, 5.74) is 1.74. The molecule has 0 fully saturated rings. The average Bonchev–Trinajstić information content (AvgIpc) is 3.12. The van der Waals surface area contributed by atoms with Crippen LogP contribution in [0.2, 0.25) is 0 Å². The Hall–Kier alpha value is -3.03. The third-order valence-electron chi connectivity index (χ3n) is 4.87. The zero-order valence-electron chi connectivity index (χ0n) is 15.9. The minimum Gasteiger partial charge on any atom is -0.486 e. The Bertz CT molecular complexity index is 906. The van der Waals surface area contributed by atoms with Crippen molar-refractivity contribution >= 4 is 17.5 Å². The van der Waals surface area contributed by atoms with E-state index in [4.69, 9.17) is 9.47 Å². The molecule has 0 unspecified atom stereocenters. The number of aromatic nitrogens is 2. The van der Waals surface area contributed by atoms with Crippen LogP contribution in [-0.4, -0.2) is 41.1 Å². The second-order valence-electron chi connectivity index (χ2n) is 6.91. The molecule has 4 rings (SSSR count). The van der Waals surface area contributed by atoms with Crippen LogP contribution in [0.3, 0.4) is 0 Å². The Balaban J connectivity index is 1.59. The van der Waals surface area contributed by atoms with E-state index < -0.39 is 0 Å². The van der Waals surface area contributed by atoms with Gasteiger partial charge in [-0.3, -0.25) is 9.59 Å². The van der Waals surface area contributed by atoms with Gasteiger partial charge in [-0.2, -0.15) is 0 Å². The van der Waals surface area contributed by atoms with Crippen LogP contribution in [0.15, 0.2) is 18.2 Å². The van der Waals surface area contributed by atoms with Gasteiger partial charge in [0.1, 0.15) is 13.2 Å². The highest BCUT2D eigenvalue weighted by Crippen LogP contribution is 2.33. The van der Waals surface area contributed by atoms with E-state index in [9.17, 15) is 9.59 Å². The summed E-state index contributed by atoms with van der Waals surface area (Å²) in [5, 5.41) is 5.72. The Labute approximate surface area is 163 Å². The van der Waals surface area contributed by atoms with Crippen molar-refractivity contribution in [3.8, 4) is 11.5 Å². The van der Waals surface area contributed by atoms with Gasteiger partial charge in [0, 0.05) is 24.8 Å². The molecule has 0 radical (unpaired) electrons. The van der Waals surface area contributed by atoms with E-state index in [1.165, 1.54) is 0 Å². The van der Waals surface area contributed by atoms with Crippen LogP contribution < -0.4 is 20.1 Å². The Morgan fingerprint density at radius 3 is 2.79 bits per heavy atom. The molecular weight excluding hydrogens is 360 g/mol. The van der Waals surface area contributed by atoms with Gasteiger partial charge in [0.2, 0.25) is 0 Å². The predicted molar refractivity (Wildman–Crippen MR) is 103 cm³/mol. The molecule has 28 heavy (non-hydrogen) atoms. The molecule has 2 aliphatic rings. The lowest BCUT2D eigenvalue weighted by Gasteiger charge is -2.19. The minimum absolute atomic E-state index is 0.233. The van der Waals surface area contributed by atoms with Crippen molar-refractivity contribution in [2.45, 2.75) is 39.2 Å². The first-order valence-electron chi connectivity index (χ1n) is 9.76. The lowest BCUT2D eigenvalue weighted by atomic mass is 10.1. The van der Waals surface area contributed by atoms with Gasteiger partial charge in [-0.1, -0.05) is 6.92 Å². The molecule has 148 valence electrons. The first-order chi connectivity index (χ1) is 13.7. The molecular formula is C20H24N4O4. The number of nitrogens with one attached hydrogen (secondary N) is 2. The number of benzene rings is 1. The van der Waals surface area contributed by atoms with Crippen LogP contribution in [0, 0.1) is 0 Å². The molecule has 0 saturated carbocycles. The number of nitrogens with zero attached hydrogens (tertiary/aromatic N) is 2. The first kappa shape index (κ1) is 18.3. The number of amides is 2. The second kappa shape index (κ2) is 7.92. The van der Waals surface area contributed by atoms with Gasteiger partial charge in [0.15, 0.2) is 23.0 Å². The summed E-state index contributed by atoms with van der Waals surface area (Å²) in [6.45, 7) is 4.28. The maximum atomic E-state index is 12.9. The zero-order valence-corrected chi connectivity index (χ0v) is 15.9. The van der Waals surface area contributed by atoms with Gasteiger partial charge in [-0.25, -0.2) is 4.98 Å². The summed E-state index contributed by atoms with van der Waals surface area (Å²) in [5.74, 6) is 1.03. The Morgan fingerprint density at radius 2 is 1.96 bits per heavy atom. The third kappa shape index (κ3) is 3.54. The molecule has 1 aromatic heterocycles. The van der Waals surface area contributed by atoms with Crippen molar-refractivity contribution in [1.29, 1.82) is 0 Å². The van der Waals surface area contributed by atoms with E-state index in [1.54, 1.807) is 18.2 Å². The number of fused-ring (bicyclic) bond motifs is 2. The fraction of sp³-hybridized carbons (Fsp3) is 0.450. The van der Waals surface area contributed by atoms with Crippen molar-refractivity contribution in [2.75, 3.05) is 25.1 Å². The minimum atomic E-state index is -0.322. The number of carbonyl (C=O) groups excluding carboxylic acids is 2. The molecule has 0 bridgehead atoms. The van der Waals surface area contributed by atoms with E-state index >= 15 is 0 Å². The third-order valence-corrected chi connectivity index (χ3v) is 4.87. The number of hydrogen-bond acceptors (Lipinski definition) is 5. The molecule has 2 amide bonds. The number of carbonyl (C=O) groups is 2. The molecule has 0 aliphatic carbocycles. The molecule has 2 N–H and O–H groups in total. The maximum absolute atomic E-state index is 12.9. The summed E-state index contributed by atoms with van der Waals surface area (Å²) in [7, 11) is 0. The number of rotatable bonds is 5. The molecule has 8 nitrogen and oxygen atoms in total. The molecule has 3 heterocycles. The van der Waals surface area contributed by atoms with Gasteiger partial charge in [-0.15, -0.1) is 0 Å². The van der Waals surface area contributed by atoms with Gasteiger partial charge in [0.25, 0.3) is 11.8 Å². The quantitative estimate of drug-likeness (QED) is 0.825. The lowest BCUT2D eigenvalue weighted by molar-refractivity contribution is 0.0937. The smallest absolute Gasteiger partial charge is 0.287 e. The summed E-state index contributed by atoms with van der Waals surface area (Å²) >= 11 is 0. The average molecular weight is 384 g/mol. The fourth-order valence-electron chi connectivity index (χ4n) is 3.53. The van der Waals surface area contributed by atoms with Crippen molar-refractivity contribution in [1.82, 2.24) is 14.9 Å². The van der Waals surface area contributed by atoms with Crippen molar-refractivity contribution in [3.05, 3.63) is 35.4 Å². The van der Waals surface area contributed by atoms with E-state index in [2.05, 4.69) is 15.6 Å². The van der Waals surface area contributed by atoms with E-state index in [-0.39, 0.29) is 11.8 Å². The van der Waals surface area contributed by atoms with Crippen LogP contribution in [0.4, 0.5) is 5.69 Å². The molecule has 0 spiro atoms. The van der Waals surface area contributed by atoms with Gasteiger partial charge in [-0.05, 0) is 37.8 Å². The van der Waals surface area contributed by atoms with Gasteiger partial charge >= 0.3 is 0 Å². The maximum Gasteiger partial charge on any atom is 0.287 e. The highest BCUT2D eigenvalue weighted by atomic mass is 16.6. The van der Waals surface area contributed by atoms with Crippen LogP contribution in [0.25, 0.3) is 0 Å². The molecule has 1 aromatic carbocycles. The number of anilines is 1. The van der Waals surface area contributed by atoms with Crippen LogP contribution in [-0.2, 0) is 13.0 Å². The van der Waals surface area contributed by atoms with E-state index in [0.717, 1.165) is 31.4 Å². The topological polar surface area (TPSA) is 94.5 Å². The van der Waals surface area contributed by atoms with E-state index in [0.29, 0.717) is 55.0 Å². The number of imidazole rings is 1. The summed E-state index contributed by atoms with van der Waals surface area (Å²) in [4.78, 5) is 29.8. The highest BCUT2D eigenvalue weighted by molar-refractivity contribution is 6.05. The standard InChI is InChI=1S/C20H24N4O4/c1-2-8-21-20(26)18-23-17(14-5-3-4-9-24(14)18)19(25)22-13-6-7-15-16(12-13)28-11-10-27-15/h6-7,12H,2-5,8-11H2,1H3,(H,21,26)(H,22,25). The van der Waals surface area contributed by atoms with Gasteiger partial charge < -0.3 is 24.7 Å². The highest BCUT2D eigenvalue weighted by Gasteiger charge is 2.27. The first-order valence-corrected chi connectivity index (χ1v) is 9.76. The number of hydrogen-bond donors (Lipinski definition) is 2. The van der Waals surface area contributed by atoms with Crippen molar-refractivity contribution in [3.63, 3.8) is 0 Å². The lowest BCUT2D eigenvalue weighted by Crippen LogP contribution is -2.28. The molecule has 0 atom stereocenters. The zero-order chi connectivity index (χ0) is 19.5. The molecule has 8 heteroatoms. The van der Waals surface area contributed by atoms with Gasteiger partial charge in [0.05, 0.1) is 5.69 Å². The molecule has 2 aromatic rings. The van der Waals surface area contributed by atoms with Crippen LogP contribution in [0.5, 0.6) is 11.5 Å². The Kier molecular flexibility index (Phi) is 5.18. The predicted octanol–water partition coefficient (Wildman–Crippen LogP) is 2.38. The molecule has 2 aliphatic heterocycles. The van der Waals surface area contributed by atoms with Crippen LogP contribution >= 0.6 is 0 Å². The second-order valence-corrected chi connectivity index (χ2v) is 6.91. The monoisotopic (exact) mass is 384 g/mol. The number of ether oxygens (including phenoxy) is 2. The fourth-order valence-corrected chi connectivity index (χ4v) is 3.53. The largest absolute Gasteiger partial charge is 0.486 e. The van der Waals surface area contributed by atoms with Crippen molar-refractivity contribution in [2.24, 2.45) is 0 Å². The van der Waals surface area contributed by atoms with E-state index in [1.807, 2.05) is 11.5 Å². The van der Waals surface area contributed by atoms with Crippen molar-refractivity contribution < 1.29 is 19.1 Å². The SMILES string of the molecule is CCCNC(=O)c1nc(C(=O)Nc2ccc3c(c2)OCCO3)c2n1CCCC2. The summed E-state index contributed by atoms with van der Waals surface area (Å²) in [6.07, 6.45) is 3.53. The molecule has 0 saturated heterocycles. The Morgan fingerprint density at radius 1 is 1.14 bits per heavy atom. The normalized spacial score (nSPS) is 14.9. The van der Waals surface area contributed by atoms with Crippen LogP contribution in [0.1, 0.15) is 53.0 Å². The summed E-state index contributed by atoms with van der Waals surface area (Å²) in [6, 6.07) is 5.28.